The van der Waals surface area contributed by atoms with Crippen molar-refractivity contribution in [2.24, 2.45) is 0 Å². The van der Waals surface area contributed by atoms with Crippen molar-refractivity contribution in [1.82, 2.24) is 0 Å². The average Bonchev–Trinajstić information content (AvgIpc) is 2.23. The molecule has 0 heterocycles. The number of phenolic OH excluding ortho intramolecular Hbond substituents is 1. The van der Waals surface area contributed by atoms with Crippen LogP contribution in [0.15, 0.2) is 6.07 Å². The van der Waals surface area contributed by atoms with Gasteiger partial charge in [0.15, 0.2) is 6.29 Å². The van der Waals surface area contributed by atoms with E-state index >= 15 is 0 Å². The number of fused-ring (bicyclic) bond motifs is 1. The number of hydrogen-bond donors (Lipinski definition) is 1. The van der Waals surface area contributed by atoms with Crippen molar-refractivity contribution in [1.29, 1.82) is 0 Å². The first-order valence-electron chi connectivity index (χ1n) is 4.72. The molecule has 0 fully saturated rings. The third-order valence-electron chi connectivity index (χ3n) is 2.71. The summed E-state index contributed by atoms with van der Waals surface area (Å²) in [5.41, 5.74) is 2.43. The van der Waals surface area contributed by atoms with Crippen molar-refractivity contribution in [2.45, 2.75) is 25.7 Å². The highest BCUT2D eigenvalue weighted by molar-refractivity contribution is 6.33. The van der Waals surface area contributed by atoms with E-state index in [2.05, 4.69) is 0 Å². The lowest BCUT2D eigenvalue weighted by Gasteiger charge is -2.18. The number of carbonyl (C=O) groups excluding carboxylic acids is 1. The lowest BCUT2D eigenvalue weighted by molar-refractivity contribution is 0.112. The first-order valence-corrected chi connectivity index (χ1v) is 5.10. The monoisotopic (exact) mass is 210 g/mol. The first-order chi connectivity index (χ1) is 6.74. The van der Waals surface area contributed by atoms with Crippen LogP contribution in [0.2, 0.25) is 5.02 Å². The molecule has 2 nitrogen and oxygen atoms in total. The van der Waals surface area contributed by atoms with E-state index in [1.165, 1.54) is 0 Å². The van der Waals surface area contributed by atoms with Gasteiger partial charge in [-0.05, 0) is 42.9 Å². The Morgan fingerprint density at radius 3 is 2.79 bits per heavy atom. The molecule has 0 unspecified atom stereocenters. The van der Waals surface area contributed by atoms with Gasteiger partial charge in [0.25, 0.3) is 0 Å². The van der Waals surface area contributed by atoms with E-state index < -0.39 is 0 Å². The molecule has 0 saturated heterocycles. The quantitative estimate of drug-likeness (QED) is 0.724. The Labute approximate surface area is 87.5 Å². The highest BCUT2D eigenvalue weighted by Crippen LogP contribution is 2.36. The lowest BCUT2D eigenvalue weighted by Crippen LogP contribution is -2.04. The Hall–Kier alpha value is -1.02. The van der Waals surface area contributed by atoms with E-state index in [1.54, 1.807) is 6.07 Å². The number of hydrogen-bond acceptors (Lipinski definition) is 2. The van der Waals surface area contributed by atoms with Crippen LogP contribution in [-0.4, -0.2) is 11.4 Å². The summed E-state index contributed by atoms with van der Waals surface area (Å²) in [7, 11) is 0. The molecule has 74 valence electrons. The van der Waals surface area contributed by atoms with Crippen LogP contribution in [0.3, 0.4) is 0 Å². The van der Waals surface area contributed by atoms with Crippen molar-refractivity contribution in [3.8, 4) is 5.75 Å². The molecule has 14 heavy (non-hydrogen) atoms. The number of halogens is 1. The Kier molecular flexibility index (Phi) is 2.46. The second-order valence-corrected chi connectivity index (χ2v) is 3.97. The van der Waals surface area contributed by atoms with Crippen LogP contribution in [0.1, 0.15) is 34.3 Å². The van der Waals surface area contributed by atoms with Gasteiger partial charge < -0.3 is 5.11 Å². The molecule has 0 aromatic heterocycles. The largest absolute Gasteiger partial charge is 0.506 e. The number of rotatable bonds is 1. The Bertz CT molecular complexity index is 385. The Morgan fingerprint density at radius 1 is 1.36 bits per heavy atom. The molecule has 2 rings (SSSR count). The smallest absolute Gasteiger partial charge is 0.153 e. The van der Waals surface area contributed by atoms with E-state index in [-0.39, 0.29) is 5.75 Å². The van der Waals surface area contributed by atoms with Crippen LogP contribution in [0.25, 0.3) is 0 Å². The van der Waals surface area contributed by atoms with Gasteiger partial charge in [-0.25, -0.2) is 0 Å². The third-order valence-corrected chi connectivity index (χ3v) is 3.12. The maximum atomic E-state index is 10.6. The van der Waals surface area contributed by atoms with Gasteiger partial charge >= 0.3 is 0 Å². The van der Waals surface area contributed by atoms with E-state index in [0.717, 1.165) is 36.8 Å². The summed E-state index contributed by atoms with van der Waals surface area (Å²) in [6.07, 6.45) is 4.74. The van der Waals surface area contributed by atoms with Gasteiger partial charge in [0.1, 0.15) is 5.75 Å². The molecule has 0 aliphatic heterocycles. The summed E-state index contributed by atoms with van der Waals surface area (Å²) in [5, 5.41) is 9.96. The Morgan fingerprint density at radius 2 is 2.07 bits per heavy atom. The number of aromatic hydroxyl groups is 1. The molecule has 1 aliphatic rings. The van der Waals surface area contributed by atoms with Crippen molar-refractivity contribution in [3.05, 3.63) is 27.8 Å². The van der Waals surface area contributed by atoms with Crippen molar-refractivity contribution in [2.75, 3.05) is 0 Å². The molecule has 1 aromatic carbocycles. The van der Waals surface area contributed by atoms with Crippen LogP contribution in [0.4, 0.5) is 0 Å². The topological polar surface area (TPSA) is 37.3 Å². The predicted molar refractivity (Wildman–Crippen MR) is 55.1 cm³/mol. The van der Waals surface area contributed by atoms with Gasteiger partial charge in [-0.15, -0.1) is 0 Å². The van der Waals surface area contributed by atoms with Crippen LogP contribution in [0, 0.1) is 0 Å². The summed E-state index contributed by atoms with van der Waals surface area (Å²) < 4.78 is 0. The van der Waals surface area contributed by atoms with Gasteiger partial charge in [0, 0.05) is 0 Å². The van der Waals surface area contributed by atoms with Crippen molar-refractivity contribution in [3.63, 3.8) is 0 Å². The molecule has 3 heteroatoms. The van der Waals surface area contributed by atoms with Gasteiger partial charge in [-0.2, -0.15) is 0 Å². The summed E-state index contributed by atoms with van der Waals surface area (Å²) in [6.45, 7) is 0. The molecular weight excluding hydrogens is 200 g/mol. The highest BCUT2D eigenvalue weighted by atomic mass is 35.5. The average molecular weight is 211 g/mol. The van der Waals surface area contributed by atoms with Crippen molar-refractivity contribution >= 4 is 17.9 Å². The zero-order valence-electron chi connectivity index (χ0n) is 7.72. The molecule has 0 radical (unpaired) electrons. The standard InChI is InChI=1S/C11H11ClO2/c12-10-9-4-2-1-3-7(9)5-8(6-13)11(10)14/h5-6,14H,1-4H2. The fraction of sp³-hybridized carbons (Fsp3) is 0.364. The normalized spacial score (nSPS) is 14.9. The van der Waals surface area contributed by atoms with E-state index in [9.17, 15) is 9.90 Å². The number of benzene rings is 1. The maximum Gasteiger partial charge on any atom is 0.153 e. The molecule has 0 atom stereocenters. The summed E-state index contributed by atoms with van der Waals surface area (Å²) in [4.78, 5) is 10.6. The fourth-order valence-corrected chi connectivity index (χ4v) is 2.28. The van der Waals surface area contributed by atoms with Gasteiger partial charge in [-0.1, -0.05) is 11.6 Å². The highest BCUT2D eigenvalue weighted by Gasteiger charge is 2.18. The summed E-state index contributed by atoms with van der Waals surface area (Å²) in [6, 6.07) is 1.75. The van der Waals surface area contributed by atoms with Gasteiger partial charge in [0.05, 0.1) is 10.6 Å². The first kappa shape index (κ1) is 9.53. The number of carbonyl (C=O) groups is 1. The summed E-state index contributed by atoms with van der Waals surface area (Å²) in [5.74, 6) is -0.0673. The molecule has 1 aliphatic carbocycles. The van der Waals surface area contributed by atoms with Gasteiger partial charge in [0.2, 0.25) is 0 Å². The van der Waals surface area contributed by atoms with Crippen LogP contribution in [-0.2, 0) is 12.8 Å². The number of aldehydes is 1. The van der Waals surface area contributed by atoms with Crippen LogP contribution < -0.4 is 0 Å². The SMILES string of the molecule is O=Cc1cc2c(c(Cl)c1O)CCCC2. The maximum absolute atomic E-state index is 10.6. The number of aryl methyl sites for hydroxylation is 1. The minimum atomic E-state index is -0.0673. The molecule has 0 saturated carbocycles. The second kappa shape index (κ2) is 3.62. The van der Waals surface area contributed by atoms with E-state index in [1.807, 2.05) is 0 Å². The predicted octanol–water partition coefficient (Wildman–Crippen LogP) is 2.74. The van der Waals surface area contributed by atoms with Gasteiger partial charge in [-0.3, -0.25) is 4.79 Å². The zero-order valence-corrected chi connectivity index (χ0v) is 8.47. The summed E-state index contributed by atoms with van der Waals surface area (Å²) >= 11 is 5.99. The van der Waals surface area contributed by atoms with Crippen molar-refractivity contribution < 1.29 is 9.90 Å². The second-order valence-electron chi connectivity index (χ2n) is 3.59. The molecule has 1 N–H and O–H groups in total. The molecule has 0 amide bonds. The lowest BCUT2D eigenvalue weighted by atomic mass is 9.90. The molecule has 0 bridgehead atoms. The number of phenols is 1. The molecular formula is C11H11ClO2. The zero-order chi connectivity index (χ0) is 10.1. The van der Waals surface area contributed by atoms with E-state index in [0.29, 0.717) is 16.9 Å². The Balaban J connectivity index is 2.62. The van der Waals surface area contributed by atoms with Crippen LogP contribution in [0.5, 0.6) is 5.75 Å². The minimum absolute atomic E-state index is 0.0673. The molecule has 0 spiro atoms. The minimum Gasteiger partial charge on any atom is -0.506 e. The van der Waals surface area contributed by atoms with E-state index in [4.69, 9.17) is 11.6 Å². The third kappa shape index (κ3) is 1.40. The fourth-order valence-electron chi connectivity index (χ4n) is 1.95. The molecule has 1 aromatic rings. The van der Waals surface area contributed by atoms with Crippen LogP contribution >= 0.6 is 11.6 Å².